The number of para-hydroxylation sites is 1. The van der Waals surface area contributed by atoms with E-state index in [9.17, 15) is 9.59 Å². The van der Waals surface area contributed by atoms with Crippen molar-refractivity contribution in [3.8, 4) is 0 Å². The fourth-order valence-corrected chi connectivity index (χ4v) is 1.24. The molecule has 0 bridgehead atoms. The summed E-state index contributed by atoms with van der Waals surface area (Å²) in [5.74, 6) is -1.10. The molecule has 0 aliphatic heterocycles. The Morgan fingerprint density at radius 2 is 1.87 bits per heavy atom. The highest BCUT2D eigenvalue weighted by atomic mass is 16.4. The lowest BCUT2D eigenvalue weighted by molar-refractivity contribution is -0.138. The molecular formula is C10H12N2O3. The predicted octanol–water partition coefficient (Wildman–Crippen LogP) is 1.04. The number of urea groups is 1. The molecule has 1 atom stereocenters. The lowest BCUT2D eigenvalue weighted by atomic mass is 10.2. The second-order valence-electron chi connectivity index (χ2n) is 3.06. The van der Waals surface area contributed by atoms with E-state index in [1.807, 2.05) is 0 Å². The van der Waals surface area contributed by atoms with Crippen LogP contribution in [0.25, 0.3) is 0 Å². The van der Waals surface area contributed by atoms with Crippen LogP contribution in [0.3, 0.4) is 0 Å². The molecule has 0 saturated heterocycles. The number of benzene rings is 1. The maximum atomic E-state index is 11.1. The zero-order valence-electron chi connectivity index (χ0n) is 8.25. The van der Waals surface area contributed by atoms with Gasteiger partial charge in [0.1, 0.15) is 6.04 Å². The summed E-state index contributed by atoms with van der Waals surface area (Å²) in [7, 11) is 0. The number of primary amides is 1. The topological polar surface area (TPSA) is 83.6 Å². The highest BCUT2D eigenvalue weighted by Gasteiger charge is 2.24. The number of nitrogens with two attached hydrogens (primary N) is 1. The quantitative estimate of drug-likeness (QED) is 0.778. The second-order valence-corrected chi connectivity index (χ2v) is 3.06. The van der Waals surface area contributed by atoms with Crippen molar-refractivity contribution in [3.05, 3.63) is 30.3 Å². The van der Waals surface area contributed by atoms with Gasteiger partial charge in [-0.2, -0.15) is 0 Å². The van der Waals surface area contributed by atoms with Crippen LogP contribution in [0, 0.1) is 0 Å². The lowest BCUT2D eigenvalue weighted by Gasteiger charge is -2.24. The summed E-state index contributed by atoms with van der Waals surface area (Å²) < 4.78 is 0. The monoisotopic (exact) mass is 208 g/mol. The van der Waals surface area contributed by atoms with Gasteiger partial charge in [-0.3, -0.25) is 4.90 Å². The molecule has 2 amide bonds. The number of hydrogen-bond acceptors (Lipinski definition) is 2. The van der Waals surface area contributed by atoms with Gasteiger partial charge in [-0.05, 0) is 19.1 Å². The summed E-state index contributed by atoms with van der Waals surface area (Å²) in [5.41, 5.74) is 5.60. The Kier molecular flexibility index (Phi) is 3.28. The van der Waals surface area contributed by atoms with Crippen LogP contribution in [-0.4, -0.2) is 23.1 Å². The summed E-state index contributed by atoms with van der Waals surface area (Å²) in [6.07, 6.45) is 0. The first kappa shape index (κ1) is 11.0. The minimum absolute atomic E-state index is 0.472. The molecule has 0 aliphatic carbocycles. The predicted molar refractivity (Wildman–Crippen MR) is 55.6 cm³/mol. The number of carbonyl (C=O) groups is 2. The van der Waals surface area contributed by atoms with Gasteiger partial charge in [-0.25, -0.2) is 9.59 Å². The highest BCUT2D eigenvalue weighted by molar-refractivity contribution is 5.96. The normalized spacial score (nSPS) is 11.8. The molecular weight excluding hydrogens is 196 g/mol. The number of anilines is 1. The first-order valence-corrected chi connectivity index (χ1v) is 4.40. The van der Waals surface area contributed by atoms with Crippen LogP contribution in [0.5, 0.6) is 0 Å². The van der Waals surface area contributed by atoms with Crippen LogP contribution in [0.15, 0.2) is 30.3 Å². The van der Waals surface area contributed by atoms with Crippen LogP contribution in [-0.2, 0) is 4.79 Å². The van der Waals surface area contributed by atoms with Gasteiger partial charge in [0.15, 0.2) is 0 Å². The molecule has 0 heterocycles. The van der Waals surface area contributed by atoms with E-state index >= 15 is 0 Å². The Hall–Kier alpha value is -2.04. The number of carbonyl (C=O) groups excluding carboxylic acids is 1. The average molecular weight is 208 g/mol. The van der Waals surface area contributed by atoms with E-state index in [0.717, 1.165) is 4.90 Å². The molecule has 15 heavy (non-hydrogen) atoms. The van der Waals surface area contributed by atoms with Gasteiger partial charge in [-0.1, -0.05) is 18.2 Å². The number of amides is 2. The Balaban J connectivity index is 3.04. The van der Waals surface area contributed by atoms with Crippen LogP contribution in [0.2, 0.25) is 0 Å². The Morgan fingerprint density at radius 1 is 1.33 bits per heavy atom. The van der Waals surface area contributed by atoms with E-state index in [1.165, 1.54) is 6.92 Å². The first-order chi connectivity index (χ1) is 7.04. The van der Waals surface area contributed by atoms with Crippen molar-refractivity contribution >= 4 is 17.7 Å². The lowest BCUT2D eigenvalue weighted by Crippen LogP contribution is -2.46. The van der Waals surface area contributed by atoms with Gasteiger partial charge in [0.05, 0.1) is 0 Å². The third-order valence-corrected chi connectivity index (χ3v) is 2.02. The molecule has 1 aromatic rings. The largest absolute Gasteiger partial charge is 0.480 e. The summed E-state index contributed by atoms with van der Waals surface area (Å²) in [6, 6.07) is 6.68. The minimum atomic E-state index is -1.10. The van der Waals surface area contributed by atoms with Crippen LogP contribution >= 0.6 is 0 Å². The van der Waals surface area contributed by atoms with Crippen molar-refractivity contribution in [1.82, 2.24) is 0 Å². The molecule has 0 saturated carbocycles. The standard InChI is InChI=1S/C10H12N2O3/c1-7(9(13)14)12(10(11)15)8-5-3-2-4-6-8/h2-7H,1H3,(H2,11,15)(H,13,14). The van der Waals surface area contributed by atoms with E-state index < -0.39 is 18.0 Å². The van der Waals surface area contributed by atoms with Crippen molar-refractivity contribution in [1.29, 1.82) is 0 Å². The van der Waals surface area contributed by atoms with Crippen molar-refractivity contribution in [3.63, 3.8) is 0 Å². The number of aliphatic carboxylic acids is 1. The van der Waals surface area contributed by atoms with Crippen LogP contribution in [0.4, 0.5) is 10.5 Å². The third kappa shape index (κ3) is 2.46. The fourth-order valence-electron chi connectivity index (χ4n) is 1.24. The second kappa shape index (κ2) is 4.45. The zero-order valence-corrected chi connectivity index (χ0v) is 8.25. The van der Waals surface area contributed by atoms with Crippen molar-refractivity contribution in [2.75, 3.05) is 4.90 Å². The average Bonchev–Trinajstić information content (AvgIpc) is 2.18. The van der Waals surface area contributed by atoms with E-state index in [1.54, 1.807) is 30.3 Å². The SMILES string of the molecule is CC(C(=O)O)N(C(N)=O)c1ccccc1. The molecule has 80 valence electrons. The highest BCUT2D eigenvalue weighted by Crippen LogP contribution is 2.16. The molecule has 3 N–H and O–H groups in total. The van der Waals surface area contributed by atoms with Gasteiger partial charge in [0.2, 0.25) is 0 Å². The third-order valence-electron chi connectivity index (χ3n) is 2.02. The number of hydrogen-bond donors (Lipinski definition) is 2. The molecule has 1 unspecified atom stereocenters. The van der Waals surface area contributed by atoms with E-state index in [-0.39, 0.29) is 0 Å². The number of rotatable bonds is 3. The Bertz CT molecular complexity index is 364. The van der Waals surface area contributed by atoms with Crippen LogP contribution in [0.1, 0.15) is 6.92 Å². The Morgan fingerprint density at radius 3 is 2.27 bits per heavy atom. The van der Waals surface area contributed by atoms with Gasteiger partial charge in [-0.15, -0.1) is 0 Å². The number of carboxylic acid groups (broad SMARTS) is 1. The van der Waals surface area contributed by atoms with Crippen LogP contribution < -0.4 is 10.6 Å². The van der Waals surface area contributed by atoms with Crippen molar-refractivity contribution in [2.24, 2.45) is 5.73 Å². The molecule has 0 radical (unpaired) electrons. The fraction of sp³-hybridized carbons (Fsp3) is 0.200. The molecule has 0 aliphatic rings. The maximum absolute atomic E-state index is 11.1. The minimum Gasteiger partial charge on any atom is -0.480 e. The number of nitrogens with zero attached hydrogens (tertiary/aromatic N) is 1. The molecule has 0 aromatic heterocycles. The molecule has 0 spiro atoms. The maximum Gasteiger partial charge on any atom is 0.326 e. The summed E-state index contributed by atoms with van der Waals surface area (Å²) in [5, 5.41) is 8.81. The van der Waals surface area contributed by atoms with Crippen molar-refractivity contribution < 1.29 is 14.7 Å². The van der Waals surface area contributed by atoms with E-state index in [0.29, 0.717) is 5.69 Å². The van der Waals surface area contributed by atoms with Gasteiger partial charge in [0.25, 0.3) is 0 Å². The molecule has 5 heteroatoms. The molecule has 1 aromatic carbocycles. The van der Waals surface area contributed by atoms with Gasteiger partial charge >= 0.3 is 12.0 Å². The summed E-state index contributed by atoms with van der Waals surface area (Å²) >= 11 is 0. The summed E-state index contributed by atoms with van der Waals surface area (Å²) in [4.78, 5) is 22.9. The number of carboxylic acids is 1. The smallest absolute Gasteiger partial charge is 0.326 e. The molecule has 5 nitrogen and oxygen atoms in total. The first-order valence-electron chi connectivity index (χ1n) is 4.40. The van der Waals surface area contributed by atoms with Gasteiger partial charge < -0.3 is 10.8 Å². The van der Waals surface area contributed by atoms with Crippen molar-refractivity contribution in [2.45, 2.75) is 13.0 Å². The molecule has 1 rings (SSSR count). The zero-order chi connectivity index (χ0) is 11.4. The van der Waals surface area contributed by atoms with Gasteiger partial charge in [0, 0.05) is 5.69 Å². The molecule has 0 fully saturated rings. The van der Waals surface area contributed by atoms with E-state index in [4.69, 9.17) is 10.8 Å². The van der Waals surface area contributed by atoms with E-state index in [2.05, 4.69) is 0 Å². The summed E-state index contributed by atoms with van der Waals surface area (Å²) in [6.45, 7) is 1.40. The Labute approximate surface area is 87.1 Å².